The molecule has 0 N–H and O–H groups in total. The van der Waals surface area contributed by atoms with Crippen LogP contribution in [0.1, 0.15) is 0 Å². The zero-order valence-electron chi connectivity index (χ0n) is 9.44. The van der Waals surface area contributed by atoms with Crippen molar-refractivity contribution >= 4 is 40.1 Å². The van der Waals surface area contributed by atoms with E-state index in [4.69, 9.17) is 23.2 Å². The molecule has 6 heteroatoms. The van der Waals surface area contributed by atoms with Crippen LogP contribution in [0.25, 0.3) is 11.0 Å². The van der Waals surface area contributed by atoms with E-state index in [-0.39, 0.29) is 17.7 Å². The van der Waals surface area contributed by atoms with Crippen molar-refractivity contribution in [3.8, 4) is 0 Å². The highest BCUT2D eigenvalue weighted by atomic mass is 35.5. The Labute approximate surface area is 109 Å². The van der Waals surface area contributed by atoms with E-state index in [0.29, 0.717) is 5.02 Å². The van der Waals surface area contributed by atoms with Gasteiger partial charge in [0.15, 0.2) is 0 Å². The number of rotatable bonds is 2. The van der Waals surface area contributed by atoms with Crippen molar-refractivity contribution in [3.05, 3.63) is 28.5 Å². The summed E-state index contributed by atoms with van der Waals surface area (Å²) in [6, 6.07) is 5.27. The van der Waals surface area contributed by atoms with Crippen LogP contribution in [0.4, 0.5) is 0 Å². The second-order valence-electron chi connectivity index (χ2n) is 3.89. The second kappa shape index (κ2) is 4.55. The van der Waals surface area contributed by atoms with Crippen molar-refractivity contribution in [2.45, 2.75) is 6.54 Å². The van der Waals surface area contributed by atoms with Crippen molar-refractivity contribution in [1.82, 2.24) is 14.5 Å². The Kier molecular flexibility index (Phi) is 3.26. The van der Waals surface area contributed by atoms with Crippen molar-refractivity contribution in [3.63, 3.8) is 0 Å². The first-order valence-electron chi connectivity index (χ1n) is 5.00. The van der Waals surface area contributed by atoms with E-state index in [1.807, 2.05) is 0 Å². The van der Waals surface area contributed by atoms with Gasteiger partial charge in [-0.3, -0.25) is 4.79 Å². The van der Waals surface area contributed by atoms with Gasteiger partial charge in [0.2, 0.25) is 11.2 Å². The molecule has 1 aromatic heterocycles. The third kappa shape index (κ3) is 2.37. The molecule has 0 aliphatic rings. The van der Waals surface area contributed by atoms with Gasteiger partial charge < -0.3 is 9.47 Å². The molecule has 0 unspecified atom stereocenters. The number of hydrogen-bond donors (Lipinski definition) is 0. The summed E-state index contributed by atoms with van der Waals surface area (Å²) in [5, 5.41) is 0.880. The Balaban J connectivity index is 2.48. The molecule has 1 heterocycles. The summed E-state index contributed by atoms with van der Waals surface area (Å²) in [5.41, 5.74) is 1.49. The largest absolute Gasteiger partial charge is 0.347 e. The number of aromatic nitrogens is 2. The zero-order chi connectivity index (χ0) is 12.6. The van der Waals surface area contributed by atoms with Gasteiger partial charge in [-0.25, -0.2) is 4.98 Å². The molecule has 17 heavy (non-hydrogen) atoms. The fraction of sp³-hybridized carbons (Fsp3) is 0.273. The second-order valence-corrected chi connectivity index (χ2v) is 4.66. The van der Waals surface area contributed by atoms with Crippen LogP contribution >= 0.6 is 23.2 Å². The molecule has 0 radical (unpaired) electrons. The van der Waals surface area contributed by atoms with Crippen LogP contribution in [0, 0.1) is 0 Å². The van der Waals surface area contributed by atoms with Crippen LogP contribution in [-0.2, 0) is 11.3 Å². The Morgan fingerprint density at radius 3 is 2.76 bits per heavy atom. The molecule has 0 aliphatic carbocycles. The quantitative estimate of drug-likeness (QED) is 0.842. The number of benzene rings is 1. The van der Waals surface area contributed by atoms with Gasteiger partial charge in [-0.05, 0) is 29.8 Å². The fourth-order valence-corrected chi connectivity index (χ4v) is 1.90. The lowest BCUT2D eigenvalue weighted by molar-refractivity contribution is -0.129. The molecule has 0 bridgehead atoms. The standard InChI is InChI=1S/C11H11Cl2N3O/c1-15(2)10(17)6-16-9-5-7(12)3-4-8(9)14-11(16)13/h3-5H,6H2,1-2H3. The highest BCUT2D eigenvalue weighted by molar-refractivity contribution is 6.31. The van der Waals surface area contributed by atoms with Gasteiger partial charge in [-0.1, -0.05) is 11.6 Å². The summed E-state index contributed by atoms with van der Waals surface area (Å²) < 4.78 is 1.64. The van der Waals surface area contributed by atoms with Gasteiger partial charge in [0.25, 0.3) is 0 Å². The van der Waals surface area contributed by atoms with E-state index in [1.54, 1.807) is 36.9 Å². The summed E-state index contributed by atoms with van der Waals surface area (Å²) in [7, 11) is 3.39. The van der Waals surface area contributed by atoms with Crippen molar-refractivity contribution in [2.24, 2.45) is 0 Å². The number of fused-ring (bicyclic) bond motifs is 1. The number of carbonyl (C=O) groups excluding carboxylic acids is 1. The Bertz CT molecular complexity index is 577. The predicted molar refractivity (Wildman–Crippen MR) is 68.4 cm³/mol. The van der Waals surface area contributed by atoms with Crippen LogP contribution in [-0.4, -0.2) is 34.5 Å². The minimum Gasteiger partial charge on any atom is -0.347 e. The number of imidazole rings is 1. The number of amides is 1. The summed E-state index contributed by atoms with van der Waals surface area (Å²) in [6.45, 7) is 0.155. The average Bonchev–Trinajstić information content (AvgIpc) is 2.55. The first-order chi connectivity index (χ1) is 7.99. The summed E-state index contributed by atoms with van der Waals surface area (Å²) in [6.07, 6.45) is 0. The van der Waals surface area contributed by atoms with Gasteiger partial charge in [-0.15, -0.1) is 0 Å². The summed E-state index contributed by atoms with van der Waals surface area (Å²) in [4.78, 5) is 17.3. The van der Waals surface area contributed by atoms with Crippen LogP contribution in [0.3, 0.4) is 0 Å². The fourth-order valence-electron chi connectivity index (χ4n) is 1.49. The third-order valence-corrected chi connectivity index (χ3v) is 2.98. The molecule has 2 aromatic rings. The molecule has 0 fully saturated rings. The number of halogens is 2. The first kappa shape index (κ1) is 12.2. The maximum Gasteiger partial charge on any atom is 0.242 e. The average molecular weight is 272 g/mol. The Hall–Kier alpha value is -1.26. The maximum atomic E-state index is 11.7. The lowest BCUT2D eigenvalue weighted by atomic mass is 10.3. The number of nitrogens with zero attached hydrogens (tertiary/aromatic N) is 3. The lowest BCUT2D eigenvalue weighted by Gasteiger charge is -2.11. The first-order valence-corrected chi connectivity index (χ1v) is 5.76. The van der Waals surface area contributed by atoms with Crippen LogP contribution in [0.5, 0.6) is 0 Å². The monoisotopic (exact) mass is 271 g/mol. The van der Waals surface area contributed by atoms with E-state index in [9.17, 15) is 4.79 Å². The maximum absolute atomic E-state index is 11.7. The van der Waals surface area contributed by atoms with Gasteiger partial charge in [-0.2, -0.15) is 0 Å². The van der Waals surface area contributed by atoms with Crippen LogP contribution in [0.15, 0.2) is 18.2 Å². The Morgan fingerprint density at radius 2 is 2.12 bits per heavy atom. The molecule has 0 saturated carbocycles. The number of carbonyl (C=O) groups is 1. The van der Waals surface area contributed by atoms with Gasteiger partial charge in [0.1, 0.15) is 6.54 Å². The molecule has 4 nitrogen and oxygen atoms in total. The number of hydrogen-bond acceptors (Lipinski definition) is 2. The minimum atomic E-state index is -0.0498. The Morgan fingerprint density at radius 1 is 1.41 bits per heavy atom. The molecule has 1 amide bonds. The van der Waals surface area contributed by atoms with Gasteiger partial charge in [0, 0.05) is 19.1 Å². The van der Waals surface area contributed by atoms with Gasteiger partial charge >= 0.3 is 0 Å². The molecule has 0 saturated heterocycles. The van der Waals surface area contributed by atoms with E-state index in [1.165, 1.54) is 4.90 Å². The van der Waals surface area contributed by atoms with Crippen LogP contribution in [0.2, 0.25) is 10.3 Å². The van der Waals surface area contributed by atoms with Crippen molar-refractivity contribution in [2.75, 3.05) is 14.1 Å². The third-order valence-electron chi connectivity index (χ3n) is 2.46. The van der Waals surface area contributed by atoms with E-state index < -0.39 is 0 Å². The molecule has 2 rings (SSSR count). The van der Waals surface area contributed by atoms with Gasteiger partial charge in [0.05, 0.1) is 11.0 Å². The molecule has 0 atom stereocenters. The normalized spacial score (nSPS) is 10.8. The molecular weight excluding hydrogens is 261 g/mol. The van der Waals surface area contributed by atoms with Crippen molar-refractivity contribution in [1.29, 1.82) is 0 Å². The van der Waals surface area contributed by atoms with E-state index in [0.717, 1.165) is 11.0 Å². The lowest BCUT2D eigenvalue weighted by Crippen LogP contribution is -2.26. The topological polar surface area (TPSA) is 38.1 Å². The predicted octanol–water partition coefficient (Wildman–Crippen LogP) is 2.43. The van der Waals surface area contributed by atoms with E-state index >= 15 is 0 Å². The number of likely N-dealkylation sites (N-methyl/N-ethyl adjacent to an activating group) is 1. The highest BCUT2D eigenvalue weighted by Gasteiger charge is 2.13. The van der Waals surface area contributed by atoms with Crippen molar-refractivity contribution < 1.29 is 4.79 Å². The molecule has 90 valence electrons. The zero-order valence-corrected chi connectivity index (χ0v) is 11.0. The molecule has 0 spiro atoms. The SMILES string of the molecule is CN(C)C(=O)Cn1c(Cl)nc2ccc(Cl)cc21. The smallest absolute Gasteiger partial charge is 0.242 e. The molecule has 1 aromatic carbocycles. The van der Waals surface area contributed by atoms with E-state index in [2.05, 4.69) is 4.98 Å². The minimum absolute atomic E-state index is 0.0498. The summed E-state index contributed by atoms with van der Waals surface area (Å²) in [5.74, 6) is -0.0498. The van der Waals surface area contributed by atoms with Crippen LogP contribution < -0.4 is 0 Å². The molecule has 0 aliphatic heterocycles. The summed E-state index contributed by atoms with van der Waals surface area (Å²) >= 11 is 11.9. The molecular formula is C11H11Cl2N3O. The highest BCUT2D eigenvalue weighted by Crippen LogP contribution is 2.23.